The fraction of sp³-hybridized carbons (Fsp3) is 0.143. The van der Waals surface area contributed by atoms with Gasteiger partial charge in [0, 0.05) is 17.4 Å². The van der Waals surface area contributed by atoms with Crippen molar-refractivity contribution in [1.82, 2.24) is 14.6 Å². The summed E-state index contributed by atoms with van der Waals surface area (Å²) in [5.41, 5.74) is 1.54. The number of benzene rings is 1. The van der Waals surface area contributed by atoms with Gasteiger partial charge in [-0.1, -0.05) is 12.1 Å². The van der Waals surface area contributed by atoms with Crippen LogP contribution in [0.1, 0.15) is 6.92 Å². The number of hydrogen-bond donors (Lipinski definition) is 1. The van der Waals surface area contributed by atoms with Crippen molar-refractivity contribution in [2.24, 2.45) is 0 Å². The first-order valence-corrected chi connectivity index (χ1v) is 8.64. The van der Waals surface area contributed by atoms with Crippen molar-refractivity contribution in [3.8, 4) is 11.3 Å². The molecule has 9 nitrogen and oxygen atoms in total. The van der Waals surface area contributed by atoms with Crippen molar-refractivity contribution < 1.29 is 13.3 Å². The molecule has 1 N–H and O–H groups in total. The fourth-order valence-corrected chi connectivity index (χ4v) is 2.85. The molecular formula is C14H13N5O4S. The molecular weight excluding hydrogens is 334 g/mol. The third-order valence-electron chi connectivity index (χ3n) is 3.39. The van der Waals surface area contributed by atoms with Crippen LogP contribution in [0.3, 0.4) is 0 Å². The summed E-state index contributed by atoms with van der Waals surface area (Å²) in [5.74, 6) is -0.0396. The minimum Gasteiger partial charge on any atom is -0.284 e. The fourth-order valence-electron chi connectivity index (χ4n) is 2.22. The van der Waals surface area contributed by atoms with Crippen molar-refractivity contribution in [3.63, 3.8) is 0 Å². The number of fused-ring (bicyclic) bond motifs is 1. The van der Waals surface area contributed by atoms with Gasteiger partial charge in [-0.15, -0.1) is 0 Å². The molecule has 3 rings (SSSR count). The Kier molecular flexibility index (Phi) is 3.89. The van der Waals surface area contributed by atoms with Crippen LogP contribution in [0.25, 0.3) is 16.9 Å². The number of sulfonamides is 1. The number of rotatable bonds is 5. The monoisotopic (exact) mass is 347 g/mol. The van der Waals surface area contributed by atoms with Gasteiger partial charge >= 0.3 is 5.69 Å². The summed E-state index contributed by atoms with van der Waals surface area (Å²) in [4.78, 5) is 14.4. The SMILES string of the molecule is CCS(=O)(=O)Nc1cccc(-c2ccnc3c([N+](=O)[O-])cnn23)c1. The number of nitro groups is 1. The van der Waals surface area contributed by atoms with E-state index in [9.17, 15) is 18.5 Å². The molecule has 0 spiro atoms. The van der Waals surface area contributed by atoms with Crippen LogP contribution < -0.4 is 4.72 Å². The van der Waals surface area contributed by atoms with Crippen molar-refractivity contribution in [3.05, 3.63) is 52.8 Å². The zero-order valence-corrected chi connectivity index (χ0v) is 13.4. The van der Waals surface area contributed by atoms with Gasteiger partial charge in [-0.3, -0.25) is 14.8 Å². The highest BCUT2D eigenvalue weighted by atomic mass is 32.2. The summed E-state index contributed by atoms with van der Waals surface area (Å²) in [7, 11) is -3.40. The van der Waals surface area contributed by atoms with E-state index in [1.54, 1.807) is 37.3 Å². The van der Waals surface area contributed by atoms with Crippen LogP contribution in [-0.2, 0) is 10.0 Å². The Bertz CT molecular complexity index is 1030. The molecule has 124 valence electrons. The summed E-state index contributed by atoms with van der Waals surface area (Å²) < 4.78 is 27.2. The van der Waals surface area contributed by atoms with E-state index in [-0.39, 0.29) is 17.1 Å². The molecule has 0 radical (unpaired) electrons. The Balaban J connectivity index is 2.10. The maximum absolute atomic E-state index is 11.7. The van der Waals surface area contributed by atoms with Crippen molar-refractivity contribution in [2.45, 2.75) is 6.92 Å². The summed E-state index contributed by atoms with van der Waals surface area (Å²) in [6, 6.07) is 8.35. The summed E-state index contributed by atoms with van der Waals surface area (Å²) in [6.45, 7) is 1.54. The van der Waals surface area contributed by atoms with Crippen LogP contribution >= 0.6 is 0 Å². The van der Waals surface area contributed by atoms with Gasteiger partial charge in [-0.05, 0) is 25.1 Å². The summed E-state index contributed by atoms with van der Waals surface area (Å²) in [6.07, 6.45) is 2.58. The number of anilines is 1. The van der Waals surface area contributed by atoms with Crippen molar-refractivity contribution >= 4 is 27.0 Å². The van der Waals surface area contributed by atoms with Gasteiger partial charge in [0.2, 0.25) is 15.7 Å². The lowest BCUT2D eigenvalue weighted by Gasteiger charge is -2.09. The summed E-state index contributed by atoms with van der Waals surface area (Å²) >= 11 is 0. The predicted octanol–water partition coefficient (Wildman–Crippen LogP) is 2.07. The van der Waals surface area contributed by atoms with Crippen LogP contribution in [0.2, 0.25) is 0 Å². The lowest BCUT2D eigenvalue weighted by atomic mass is 10.1. The highest BCUT2D eigenvalue weighted by Gasteiger charge is 2.18. The Labute approximate surface area is 137 Å². The first-order valence-electron chi connectivity index (χ1n) is 6.99. The topological polar surface area (TPSA) is 120 Å². The van der Waals surface area contributed by atoms with Crippen LogP contribution in [0, 0.1) is 10.1 Å². The number of aromatic nitrogens is 3. The minimum atomic E-state index is -3.40. The molecule has 0 amide bonds. The van der Waals surface area contributed by atoms with Gasteiger partial charge in [0.15, 0.2) is 0 Å². The van der Waals surface area contributed by atoms with Gasteiger partial charge in [0.25, 0.3) is 0 Å². The Morgan fingerprint density at radius 3 is 2.83 bits per heavy atom. The third-order valence-corrected chi connectivity index (χ3v) is 4.70. The number of nitrogens with zero attached hydrogens (tertiary/aromatic N) is 4. The normalized spacial score (nSPS) is 11.5. The Hall–Kier alpha value is -3.01. The largest absolute Gasteiger partial charge is 0.333 e. The quantitative estimate of drug-likeness (QED) is 0.557. The van der Waals surface area contributed by atoms with E-state index in [1.165, 1.54) is 10.7 Å². The highest BCUT2D eigenvalue weighted by Crippen LogP contribution is 2.26. The maximum atomic E-state index is 11.7. The van der Waals surface area contributed by atoms with Gasteiger partial charge in [-0.25, -0.2) is 17.9 Å². The molecule has 0 saturated heterocycles. The lowest BCUT2D eigenvalue weighted by Crippen LogP contribution is -2.14. The number of hydrogen-bond acceptors (Lipinski definition) is 6. The van der Waals surface area contributed by atoms with Crippen LogP contribution in [-0.4, -0.2) is 33.7 Å². The van der Waals surface area contributed by atoms with Crippen LogP contribution in [0.5, 0.6) is 0 Å². The second-order valence-electron chi connectivity index (χ2n) is 4.94. The maximum Gasteiger partial charge on any atom is 0.333 e. The Morgan fingerprint density at radius 2 is 2.12 bits per heavy atom. The van der Waals surface area contributed by atoms with E-state index >= 15 is 0 Å². The average molecular weight is 347 g/mol. The van der Waals surface area contributed by atoms with Gasteiger partial charge in [-0.2, -0.15) is 5.10 Å². The molecule has 0 bridgehead atoms. The molecule has 1 aromatic carbocycles. The smallest absolute Gasteiger partial charge is 0.284 e. The van der Waals surface area contributed by atoms with E-state index in [0.29, 0.717) is 16.9 Å². The number of nitrogens with one attached hydrogen (secondary N) is 1. The zero-order valence-electron chi connectivity index (χ0n) is 12.6. The minimum absolute atomic E-state index is 0.0396. The molecule has 0 aliphatic rings. The molecule has 24 heavy (non-hydrogen) atoms. The molecule has 0 aliphatic carbocycles. The van der Waals surface area contributed by atoms with E-state index in [0.717, 1.165) is 6.20 Å². The standard InChI is InChI=1S/C14H13N5O4S/c1-2-24(22,23)17-11-5-3-4-10(8-11)12-6-7-15-14-13(19(20)21)9-16-18(12)14/h3-9,17H,2H2,1H3. The van der Waals surface area contributed by atoms with E-state index in [4.69, 9.17) is 0 Å². The van der Waals surface area contributed by atoms with E-state index in [1.807, 2.05) is 0 Å². The van der Waals surface area contributed by atoms with Crippen LogP contribution in [0.4, 0.5) is 11.4 Å². The van der Waals surface area contributed by atoms with Gasteiger partial charge < -0.3 is 0 Å². The molecule has 0 atom stereocenters. The molecule has 3 aromatic rings. The zero-order chi connectivity index (χ0) is 17.3. The molecule has 10 heteroatoms. The molecule has 0 fully saturated rings. The van der Waals surface area contributed by atoms with Crippen LogP contribution in [0.15, 0.2) is 42.7 Å². The first-order chi connectivity index (χ1) is 11.4. The predicted molar refractivity (Wildman–Crippen MR) is 88.2 cm³/mol. The van der Waals surface area contributed by atoms with E-state index < -0.39 is 14.9 Å². The van der Waals surface area contributed by atoms with Crippen molar-refractivity contribution in [1.29, 1.82) is 0 Å². The summed E-state index contributed by atoms with van der Waals surface area (Å²) in [5, 5.41) is 15.0. The lowest BCUT2D eigenvalue weighted by molar-refractivity contribution is -0.383. The second kappa shape index (κ2) is 5.89. The average Bonchev–Trinajstić information content (AvgIpc) is 2.99. The molecule has 0 saturated carbocycles. The van der Waals surface area contributed by atoms with E-state index in [2.05, 4.69) is 14.8 Å². The molecule has 2 aromatic heterocycles. The highest BCUT2D eigenvalue weighted by molar-refractivity contribution is 7.92. The molecule has 2 heterocycles. The Morgan fingerprint density at radius 1 is 1.33 bits per heavy atom. The molecule has 0 aliphatic heterocycles. The second-order valence-corrected chi connectivity index (χ2v) is 6.95. The van der Waals surface area contributed by atoms with Gasteiger partial charge in [0.1, 0.15) is 6.20 Å². The molecule has 0 unspecified atom stereocenters. The van der Waals surface area contributed by atoms with Gasteiger partial charge in [0.05, 0.1) is 16.4 Å². The van der Waals surface area contributed by atoms with Crippen molar-refractivity contribution in [2.75, 3.05) is 10.5 Å². The first kappa shape index (κ1) is 15.9. The third kappa shape index (κ3) is 2.91.